The third-order valence-corrected chi connectivity index (χ3v) is 5.15. The van der Waals surface area contributed by atoms with Gasteiger partial charge in [0, 0.05) is 24.4 Å². The summed E-state index contributed by atoms with van der Waals surface area (Å²) in [4.78, 5) is 14.6. The molecule has 1 amide bonds. The van der Waals surface area contributed by atoms with Gasteiger partial charge in [0.1, 0.15) is 5.76 Å². The number of para-hydroxylation sites is 2. The predicted octanol–water partition coefficient (Wildman–Crippen LogP) is 3.00. The number of thioether (sulfide) groups is 1. The summed E-state index contributed by atoms with van der Waals surface area (Å²) in [6, 6.07) is 7.92. The number of benzene rings is 1. The number of hydrogen-bond acceptors (Lipinski definition) is 6. The van der Waals surface area contributed by atoms with E-state index in [1.54, 1.807) is 11.8 Å². The maximum Gasteiger partial charge on any atom is 0.234 e. The number of morpholine rings is 1. The van der Waals surface area contributed by atoms with Crippen LogP contribution in [0.4, 0.5) is 11.4 Å². The topological polar surface area (TPSA) is 67.6 Å². The van der Waals surface area contributed by atoms with Gasteiger partial charge in [0.2, 0.25) is 5.91 Å². The summed E-state index contributed by atoms with van der Waals surface area (Å²) in [7, 11) is 0. The minimum atomic E-state index is -0.00234. The lowest BCUT2D eigenvalue weighted by Crippen LogP contribution is -2.36. The van der Waals surface area contributed by atoms with Gasteiger partial charge in [0.25, 0.3) is 0 Å². The Labute approximate surface area is 151 Å². The van der Waals surface area contributed by atoms with Crippen molar-refractivity contribution in [1.82, 2.24) is 5.16 Å². The number of carbonyl (C=O) groups excluding carboxylic acids is 1. The Kier molecular flexibility index (Phi) is 5.99. The molecule has 3 rings (SSSR count). The van der Waals surface area contributed by atoms with Crippen molar-refractivity contribution in [2.75, 3.05) is 42.3 Å². The first-order valence-corrected chi connectivity index (χ1v) is 9.51. The summed E-state index contributed by atoms with van der Waals surface area (Å²) in [5, 5.41) is 6.98. The predicted molar refractivity (Wildman–Crippen MR) is 100 cm³/mol. The van der Waals surface area contributed by atoms with Gasteiger partial charge in [-0.25, -0.2) is 0 Å². The zero-order valence-electron chi connectivity index (χ0n) is 14.6. The van der Waals surface area contributed by atoms with E-state index in [4.69, 9.17) is 9.26 Å². The monoisotopic (exact) mass is 361 g/mol. The van der Waals surface area contributed by atoms with Gasteiger partial charge in [0.05, 0.1) is 36.0 Å². The molecule has 1 N–H and O–H groups in total. The molecule has 0 bridgehead atoms. The van der Waals surface area contributed by atoms with E-state index < -0.39 is 0 Å². The summed E-state index contributed by atoms with van der Waals surface area (Å²) in [5.41, 5.74) is 3.87. The number of nitrogens with zero attached hydrogens (tertiary/aromatic N) is 2. The van der Waals surface area contributed by atoms with Gasteiger partial charge < -0.3 is 19.5 Å². The number of anilines is 2. The Morgan fingerprint density at radius 2 is 2.04 bits per heavy atom. The van der Waals surface area contributed by atoms with Gasteiger partial charge >= 0.3 is 0 Å². The Balaban J connectivity index is 1.56. The fraction of sp³-hybridized carbons (Fsp3) is 0.444. The fourth-order valence-corrected chi connectivity index (χ4v) is 3.78. The van der Waals surface area contributed by atoms with Crippen molar-refractivity contribution >= 4 is 29.0 Å². The summed E-state index contributed by atoms with van der Waals surface area (Å²) in [6.07, 6.45) is 0. The smallest absolute Gasteiger partial charge is 0.234 e. The number of carbonyl (C=O) groups is 1. The van der Waals surface area contributed by atoms with Crippen molar-refractivity contribution < 1.29 is 14.1 Å². The highest BCUT2D eigenvalue weighted by molar-refractivity contribution is 7.99. The van der Waals surface area contributed by atoms with Crippen LogP contribution in [0.1, 0.15) is 17.0 Å². The van der Waals surface area contributed by atoms with E-state index in [2.05, 4.69) is 15.4 Å². The fourth-order valence-electron chi connectivity index (χ4n) is 2.80. The summed E-state index contributed by atoms with van der Waals surface area (Å²) in [6.45, 7) is 6.94. The van der Waals surface area contributed by atoms with Crippen molar-refractivity contribution in [3.63, 3.8) is 0 Å². The van der Waals surface area contributed by atoms with E-state index in [-0.39, 0.29) is 5.91 Å². The summed E-state index contributed by atoms with van der Waals surface area (Å²) in [5.74, 6) is 1.93. The molecular weight excluding hydrogens is 338 g/mol. The van der Waals surface area contributed by atoms with Crippen LogP contribution in [0.2, 0.25) is 0 Å². The Morgan fingerprint density at radius 3 is 2.76 bits per heavy atom. The Morgan fingerprint density at radius 1 is 1.28 bits per heavy atom. The molecule has 0 atom stereocenters. The average molecular weight is 361 g/mol. The van der Waals surface area contributed by atoms with Crippen LogP contribution in [0.25, 0.3) is 0 Å². The van der Waals surface area contributed by atoms with E-state index >= 15 is 0 Å². The van der Waals surface area contributed by atoms with Crippen LogP contribution in [0, 0.1) is 13.8 Å². The largest absolute Gasteiger partial charge is 0.378 e. The maximum atomic E-state index is 12.3. The zero-order chi connectivity index (χ0) is 17.6. The molecule has 134 valence electrons. The molecule has 1 aliphatic heterocycles. The molecule has 6 nitrogen and oxygen atoms in total. The second-order valence-electron chi connectivity index (χ2n) is 5.96. The molecule has 0 radical (unpaired) electrons. The van der Waals surface area contributed by atoms with Gasteiger partial charge in [0.15, 0.2) is 0 Å². The number of aromatic nitrogens is 1. The lowest BCUT2D eigenvalue weighted by molar-refractivity contribution is -0.113. The van der Waals surface area contributed by atoms with Crippen LogP contribution in [0.15, 0.2) is 28.8 Å². The van der Waals surface area contributed by atoms with Crippen molar-refractivity contribution in [3.8, 4) is 0 Å². The number of hydrogen-bond donors (Lipinski definition) is 1. The quantitative estimate of drug-likeness (QED) is 0.853. The van der Waals surface area contributed by atoms with Gasteiger partial charge in [-0.15, -0.1) is 11.8 Å². The normalized spacial score (nSPS) is 14.6. The number of ether oxygens (including phenoxy) is 1. The van der Waals surface area contributed by atoms with Crippen molar-refractivity contribution in [3.05, 3.63) is 41.3 Å². The van der Waals surface area contributed by atoms with E-state index in [0.29, 0.717) is 5.75 Å². The SMILES string of the molecule is Cc1noc(C)c1CSCC(=O)Nc1ccccc1N1CCOCC1. The summed E-state index contributed by atoms with van der Waals surface area (Å²) < 4.78 is 10.6. The Bertz CT molecular complexity index is 707. The average Bonchev–Trinajstić information content (AvgIpc) is 2.95. The lowest BCUT2D eigenvalue weighted by atomic mass is 10.2. The van der Waals surface area contributed by atoms with Gasteiger partial charge in [-0.05, 0) is 26.0 Å². The molecular formula is C18H23N3O3S. The minimum absolute atomic E-state index is 0.00234. The first kappa shape index (κ1) is 17.8. The standard InChI is InChI=1S/C18H23N3O3S/c1-13-15(14(2)24-20-13)11-25-12-18(22)19-16-5-3-4-6-17(16)21-7-9-23-10-8-21/h3-6H,7-12H2,1-2H3,(H,19,22). The van der Waals surface area contributed by atoms with Gasteiger partial charge in [-0.2, -0.15) is 0 Å². The van der Waals surface area contributed by atoms with Gasteiger partial charge in [-0.1, -0.05) is 17.3 Å². The van der Waals surface area contributed by atoms with E-state index in [1.807, 2.05) is 38.1 Å². The molecule has 1 fully saturated rings. The number of nitrogens with one attached hydrogen (secondary N) is 1. The highest BCUT2D eigenvalue weighted by Crippen LogP contribution is 2.27. The van der Waals surface area contributed by atoms with Crippen LogP contribution < -0.4 is 10.2 Å². The number of rotatable bonds is 6. The summed E-state index contributed by atoms with van der Waals surface area (Å²) >= 11 is 1.56. The molecule has 1 aromatic carbocycles. The molecule has 2 aromatic rings. The molecule has 1 aliphatic rings. The van der Waals surface area contributed by atoms with Crippen molar-refractivity contribution in [2.45, 2.75) is 19.6 Å². The Hall–Kier alpha value is -1.99. The first-order chi connectivity index (χ1) is 12.1. The van der Waals surface area contributed by atoms with E-state index in [1.165, 1.54) is 0 Å². The first-order valence-electron chi connectivity index (χ1n) is 8.36. The third kappa shape index (κ3) is 4.55. The molecule has 2 heterocycles. The maximum absolute atomic E-state index is 12.3. The molecule has 0 saturated carbocycles. The second-order valence-corrected chi connectivity index (χ2v) is 6.95. The van der Waals surface area contributed by atoms with Crippen LogP contribution in [-0.4, -0.2) is 43.1 Å². The second kappa shape index (κ2) is 8.40. The van der Waals surface area contributed by atoms with E-state index in [9.17, 15) is 4.79 Å². The molecule has 0 unspecified atom stereocenters. The van der Waals surface area contributed by atoms with Crippen LogP contribution >= 0.6 is 11.8 Å². The number of aryl methyl sites for hydroxylation is 2. The molecule has 7 heteroatoms. The molecule has 0 aliphatic carbocycles. The van der Waals surface area contributed by atoms with E-state index in [0.717, 1.165) is 60.4 Å². The number of amides is 1. The molecule has 1 aromatic heterocycles. The highest BCUT2D eigenvalue weighted by Gasteiger charge is 2.16. The third-order valence-electron chi connectivity index (χ3n) is 4.19. The lowest BCUT2D eigenvalue weighted by Gasteiger charge is -2.30. The van der Waals surface area contributed by atoms with Gasteiger partial charge in [-0.3, -0.25) is 4.79 Å². The van der Waals surface area contributed by atoms with Crippen molar-refractivity contribution in [1.29, 1.82) is 0 Å². The molecule has 1 saturated heterocycles. The van der Waals surface area contributed by atoms with Crippen molar-refractivity contribution in [2.24, 2.45) is 0 Å². The zero-order valence-corrected chi connectivity index (χ0v) is 15.4. The van der Waals surface area contributed by atoms with Crippen LogP contribution in [0.5, 0.6) is 0 Å². The highest BCUT2D eigenvalue weighted by atomic mass is 32.2. The van der Waals surface area contributed by atoms with Crippen LogP contribution in [-0.2, 0) is 15.3 Å². The minimum Gasteiger partial charge on any atom is -0.378 e. The molecule has 25 heavy (non-hydrogen) atoms. The molecule has 0 spiro atoms. The van der Waals surface area contributed by atoms with Crippen LogP contribution in [0.3, 0.4) is 0 Å².